The molecule has 0 saturated heterocycles. The third-order valence-corrected chi connectivity index (χ3v) is 4.08. The number of amides is 1. The van der Waals surface area contributed by atoms with Gasteiger partial charge in [-0.3, -0.25) is 4.79 Å². The van der Waals surface area contributed by atoms with Crippen LogP contribution in [-0.4, -0.2) is 25.7 Å². The third-order valence-electron chi connectivity index (χ3n) is 4.08. The number of nitrogens with one attached hydrogen (secondary N) is 1. The molecule has 0 bridgehead atoms. The molecule has 23 heavy (non-hydrogen) atoms. The fraction of sp³-hybridized carbons (Fsp3) is 0.294. The summed E-state index contributed by atoms with van der Waals surface area (Å²) >= 11 is 0. The molecule has 0 spiro atoms. The molecule has 0 aliphatic heterocycles. The number of anilines is 1. The van der Waals surface area contributed by atoms with Crippen LogP contribution in [0, 0.1) is 6.92 Å². The highest BCUT2D eigenvalue weighted by molar-refractivity contribution is 5.91. The van der Waals surface area contributed by atoms with Gasteiger partial charge in [0.15, 0.2) is 5.65 Å². The van der Waals surface area contributed by atoms with Crippen molar-refractivity contribution in [2.45, 2.75) is 32.2 Å². The second kappa shape index (κ2) is 5.46. The number of aryl methyl sites for hydroxylation is 1. The fourth-order valence-electron chi connectivity index (χ4n) is 2.91. The predicted octanol–water partition coefficient (Wildman–Crippen LogP) is 2.65. The van der Waals surface area contributed by atoms with Gasteiger partial charge in [-0.05, 0) is 49.4 Å². The molecule has 0 unspecified atom stereocenters. The molecule has 1 aliphatic rings. The quantitative estimate of drug-likeness (QED) is 0.804. The number of aromatic nitrogens is 4. The van der Waals surface area contributed by atoms with E-state index in [9.17, 15) is 4.79 Å². The molecule has 1 saturated carbocycles. The van der Waals surface area contributed by atoms with Crippen molar-refractivity contribution in [2.24, 2.45) is 0 Å². The Labute approximate surface area is 133 Å². The van der Waals surface area contributed by atoms with Gasteiger partial charge in [0.1, 0.15) is 12.4 Å². The van der Waals surface area contributed by atoms with Crippen molar-refractivity contribution in [3.8, 4) is 0 Å². The Morgan fingerprint density at radius 2 is 2.13 bits per heavy atom. The van der Waals surface area contributed by atoms with Gasteiger partial charge in [0, 0.05) is 17.8 Å². The van der Waals surface area contributed by atoms with Gasteiger partial charge in [0.2, 0.25) is 5.91 Å². The number of rotatable bonds is 4. The monoisotopic (exact) mass is 307 g/mol. The third kappa shape index (κ3) is 2.67. The minimum Gasteiger partial charge on any atom is -0.309 e. The van der Waals surface area contributed by atoms with E-state index in [1.807, 2.05) is 25.3 Å². The Hall–Kier alpha value is -2.76. The first-order valence-corrected chi connectivity index (χ1v) is 7.75. The van der Waals surface area contributed by atoms with E-state index >= 15 is 0 Å². The minimum absolute atomic E-state index is 0.127. The maximum absolute atomic E-state index is 12.2. The summed E-state index contributed by atoms with van der Waals surface area (Å²) in [6, 6.07) is 7.48. The average Bonchev–Trinajstić information content (AvgIpc) is 3.34. The molecular formula is C17H17N5O. The van der Waals surface area contributed by atoms with E-state index in [2.05, 4.69) is 26.4 Å². The average molecular weight is 307 g/mol. The van der Waals surface area contributed by atoms with Crippen LogP contribution in [0.1, 0.15) is 30.0 Å². The topological polar surface area (TPSA) is 72.7 Å². The van der Waals surface area contributed by atoms with Crippen molar-refractivity contribution >= 4 is 22.8 Å². The Kier molecular flexibility index (Phi) is 3.29. The lowest BCUT2D eigenvalue weighted by Crippen LogP contribution is -2.20. The van der Waals surface area contributed by atoms with Crippen LogP contribution in [0.4, 0.5) is 5.82 Å². The number of fused-ring (bicyclic) bond motifs is 1. The highest BCUT2D eigenvalue weighted by atomic mass is 16.2. The smallest absolute Gasteiger partial charge is 0.247 e. The summed E-state index contributed by atoms with van der Waals surface area (Å²) < 4.78 is 1.68. The molecule has 0 aromatic carbocycles. The maximum atomic E-state index is 12.2. The summed E-state index contributed by atoms with van der Waals surface area (Å²) in [4.78, 5) is 20.8. The summed E-state index contributed by atoms with van der Waals surface area (Å²) in [5, 5.41) is 8.39. The van der Waals surface area contributed by atoms with Crippen LogP contribution >= 0.6 is 0 Å². The van der Waals surface area contributed by atoms with Crippen molar-refractivity contribution < 1.29 is 4.79 Å². The molecule has 0 radical (unpaired) electrons. The zero-order valence-corrected chi connectivity index (χ0v) is 12.9. The first-order valence-electron chi connectivity index (χ1n) is 7.75. The van der Waals surface area contributed by atoms with E-state index in [1.165, 1.54) is 18.4 Å². The van der Waals surface area contributed by atoms with Crippen LogP contribution in [0.3, 0.4) is 0 Å². The predicted molar refractivity (Wildman–Crippen MR) is 87.1 cm³/mol. The van der Waals surface area contributed by atoms with Gasteiger partial charge in [-0.2, -0.15) is 5.10 Å². The number of hydrogen-bond donors (Lipinski definition) is 1. The van der Waals surface area contributed by atoms with Crippen molar-refractivity contribution in [2.75, 3.05) is 5.32 Å². The first-order chi connectivity index (χ1) is 11.2. The van der Waals surface area contributed by atoms with E-state index in [-0.39, 0.29) is 12.5 Å². The molecule has 3 heterocycles. The second-order valence-electron chi connectivity index (χ2n) is 5.88. The van der Waals surface area contributed by atoms with Crippen molar-refractivity contribution in [1.29, 1.82) is 0 Å². The summed E-state index contributed by atoms with van der Waals surface area (Å²) in [6.07, 6.45) is 5.91. The van der Waals surface area contributed by atoms with Crippen molar-refractivity contribution in [3.63, 3.8) is 0 Å². The molecule has 4 rings (SSSR count). The molecule has 1 aliphatic carbocycles. The Morgan fingerprint density at radius 1 is 1.26 bits per heavy atom. The molecule has 3 aromatic heterocycles. The highest BCUT2D eigenvalue weighted by Gasteiger charge is 2.27. The molecular weight excluding hydrogens is 290 g/mol. The molecule has 1 amide bonds. The lowest BCUT2D eigenvalue weighted by molar-refractivity contribution is -0.116. The minimum atomic E-state index is -0.160. The van der Waals surface area contributed by atoms with Gasteiger partial charge < -0.3 is 5.32 Å². The molecule has 0 atom stereocenters. The Morgan fingerprint density at radius 3 is 2.87 bits per heavy atom. The molecule has 1 N–H and O–H groups in total. The van der Waals surface area contributed by atoms with E-state index in [4.69, 9.17) is 0 Å². The molecule has 3 aromatic rings. The Balaban J connectivity index is 1.62. The van der Waals surface area contributed by atoms with Gasteiger partial charge in [-0.25, -0.2) is 14.6 Å². The standard InChI is InChI=1S/C17H17N5O/c1-11-16-13(12-5-6-12)7-9-19-17(16)22(21-11)10-15(23)20-14-4-2-3-8-18-14/h2-4,7-9,12H,5-6,10H2,1H3,(H,18,20,23). The summed E-state index contributed by atoms with van der Waals surface area (Å²) in [6.45, 7) is 2.10. The molecule has 116 valence electrons. The largest absolute Gasteiger partial charge is 0.309 e. The van der Waals surface area contributed by atoms with Crippen LogP contribution in [0.25, 0.3) is 11.0 Å². The normalized spacial score (nSPS) is 14.1. The van der Waals surface area contributed by atoms with Gasteiger partial charge in [0.05, 0.1) is 5.69 Å². The van der Waals surface area contributed by atoms with Gasteiger partial charge in [-0.15, -0.1) is 0 Å². The zero-order valence-electron chi connectivity index (χ0n) is 12.9. The number of carbonyl (C=O) groups is 1. The van der Waals surface area contributed by atoms with E-state index in [0.29, 0.717) is 11.7 Å². The maximum Gasteiger partial charge on any atom is 0.247 e. The van der Waals surface area contributed by atoms with E-state index in [0.717, 1.165) is 16.7 Å². The van der Waals surface area contributed by atoms with E-state index < -0.39 is 0 Å². The van der Waals surface area contributed by atoms with Crippen LogP contribution in [-0.2, 0) is 11.3 Å². The molecule has 6 nitrogen and oxygen atoms in total. The van der Waals surface area contributed by atoms with E-state index in [1.54, 1.807) is 16.9 Å². The van der Waals surface area contributed by atoms with Crippen molar-refractivity contribution in [3.05, 3.63) is 47.9 Å². The van der Waals surface area contributed by atoms with Crippen LogP contribution in [0.5, 0.6) is 0 Å². The SMILES string of the molecule is Cc1nn(CC(=O)Nc2ccccn2)c2nccc(C3CC3)c12. The zero-order chi connectivity index (χ0) is 15.8. The molecule has 6 heteroatoms. The fourth-order valence-corrected chi connectivity index (χ4v) is 2.91. The number of carbonyl (C=O) groups excluding carboxylic acids is 1. The highest BCUT2D eigenvalue weighted by Crippen LogP contribution is 2.43. The van der Waals surface area contributed by atoms with Gasteiger partial charge in [0.25, 0.3) is 0 Å². The van der Waals surface area contributed by atoms with Crippen LogP contribution in [0.2, 0.25) is 0 Å². The van der Waals surface area contributed by atoms with Gasteiger partial charge >= 0.3 is 0 Å². The first kappa shape index (κ1) is 13.9. The summed E-state index contributed by atoms with van der Waals surface area (Å²) in [5.74, 6) is 1.00. The lowest BCUT2D eigenvalue weighted by atomic mass is 10.1. The summed E-state index contributed by atoms with van der Waals surface area (Å²) in [7, 11) is 0. The van der Waals surface area contributed by atoms with Gasteiger partial charge in [-0.1, -0.05) is 6.07 Å². The number of pyridine rings is 2. The lowest BCUT2D eigenvalue weighted by Gasteiger charge is -2.05. The second-order valence-corrected chi connectivity index (χ2v) is 5.88. The molecule has 1 fully saturated rings. The number of nitrogens with zero attached hydrogens (tertiary/aromatic N) is 4. The number of hydrogen-bond acceptors (Lipinski definition) is 4. The Bertz CT molecular complexity index is 867. The summed E-state index contributed by atoms with van der Waals surface area (Å²) in [5.41, 5.74) is 3.02. The van der Waals surface area contributed by atoms with Crippen molar-refractivity contribution in [1.82, 2.24) is 19.7 Å². The van der Waals surface area contributed by atoms with Crippen LogP contribution in [0.15, 0.2) is 36.7 Å². The van der Waals surface area contributed by atoms with Crippen LogP contribution < -0.4 is 5.32 Å².